The van der Waals surface area contributed by atoms with Crippen molar-refractivity contribution in [2.45, 2.75) is 73.3 Å². The first kappa shape index (κ1) is 13.3. The van der Waals surface area contributed by atoms with E-state index in [1.807, 2.05) is 0 Å². The minimum Gasteiger partial charge on any atom is -0.346 e. The Bertz CT molecular complexity index is 336. The van der Waals surface area contributed by atoms with E-state index in [1.165, 1.54) is 11.3 Å². The van der Waals surface area contributed by atoms with Crippen LogP contribution in [0.3, 0.4) is 0 Å². The summed E-state index contributed by atoms with van der Waals surface area (Å²) in [5.41, 5.74) is 6.05. The van der Waals surface area contributed by atoms with E-state index in [9.17, 15) is 0 Å². The van der Waals surface area contributed by atoms with Crippen LogP contribution in [0.2, 0.25) is 0 Å². The molecular weight excluding hydrogens is 194 g/mol. The van der Waals surface area contributed by atoms with Gasteiger partial charge >= 0.3 is 0 Å². The molecule has 0 aromatic carbocycles. The van der Waals surface area contributed by atoms with E-state index >= 15 is 0 Å². The van der Waals surface area contributed by atoms with E-state index < -0.39 is 0 Å². The molecular formula is C15H27N. The third-order valence-electron chi connectivity index (χ3n) is 3.48. The molecule has 1 aromatic heterocycles. The van der Waals surface area contributed by atoms with E-state index in [0.29, 0.717) is 17.9 Å². The average molecular weight is 221 g/mol. The Morgan fingerprint density at radius 3 is 1.62 bits per heavy atom. The lowest BCUT2D eigenvalue weighted by atomic mass is 9.94. The maximum Gasteiger partial charge on any atom is 0.0279 e. The Balaban J connectivity index is 3.56. The summed E-state index contributed by atoms with van der Waals surface area (Å²) in [7, 11) is 0. The molecule has 0 fully saturated rings. The van der Waals surface area contributed by atoms with Gasteiger partial charge in [0.25, 0.3) is 0 Å². The van der Waals surface area contributed by atoms with Gasteiger partial charge in [0.2, 0.25) is 0 Å². The van der Waals surface area contributed by atoms with Gasteiger partial charge < -0.3 is 4.57 Å². The fourth-order valence-corrected chi connectivity index (χ4v) is 2.86. The van der Waals surface area contributed by atoms with Gasteiger partial charge in [0, 0.05) is 17.4 Å². The highest BCUT2D eigenvalue weighted by atomic mass is 15.0. The molecule has 0 bridgehead atoms. The van der Waals surface area contributed by atoms with Crippen LogP contribution >= 0.6 is 0 Å². The van der Waals surface area contributed by atoms with Crippen molar-refractivity contribution in [1.82, 2.24) is 4.57 Å². The highest BCUT2D eigenvalue weighted by Gasteiger charge is 2.22. The van der Waals surface area contributed by atoms with Gasteiger partial charge in [0.15, 0.2) is 0 Å². The molecule has 0 amide bonds. The van der Waals surface area contributed by atoms with E-state index in [2.05, 4.69) is 60.0 Å². The van der Waals surface area contributed by atoms with E-state index in [1.54, 1.807) is 11.3 Å². The Kier molecular flexibility index (Phi) is 3.88. The lowest BCUT2D eigenvalue weighted by molar-refractivity contribution is 0.542. The minimum absolute atomic E-state index is 0.559. The molecule has 0 spiro atoms. The molecule has 0 saturated heterocycles. The van der Waals surface area contributed by atoms with Crippen LogP contribution < -0.4 is 0 Å². The lowest BCUT2D eigenvalue weighted by Crippen LogP contribution is -2.10. The molecule has 0 radical (unpaired) electrons. The second kappa shape index (κ2) is 4.65. The van der Waals surface area contributed by atoms with Crippen molar-refractivity contribution < 1.29 is 0 Å². The lowest BCUT2D eigenvalue weighted by Gasteiger charge is -2.20. The zero-order chi connectivity index (χ0) is 12.6. The van der Waals surface area contributed by atoms with Crippen LogP contribution in [0.4, 0.5) is 0 Å². The fourth-order valence-electron chi connectivity index (χ4n) is 2.86. The van der Waals surface area contributed by atoms with Crippen molar-refractivity contribution in [1.29, 1.82) is 0 Å². The van der Waals surface area contributed by atoms with Gasteiger partial charge in [-0.3, -0.25) is 0 Å². The first-order valence-electron chi connectivity index (χ1n) is 6.50. The largest absolute Gasteiger partial charge is 0.346 e. The number of hydrogen-bond acceptors (Lipinski definition) is 0. The molecule has 1 aromatic rings. The van der Waals surface area contributed by atoms with Crippen LogP contribution in [-0.2, 0) is 0 Å². The summed E-state index contributed by atoms with van der Waals surface area (Å²) < 4.78 is 2.52. The molecule has 0 aliphatic rings. The van der Waals surface area contributed by atoms with Crippen molar-refractivity contribution in [3.63, 3.8) is 0 Å². The highest BCUT2D eigenvalue weighted by Crippen LogP contribution is 2.35. The Labute approximate surface area is 101 Å². The average Bonchev–Trinajstić information content (AvgIpc) is 2.39. The van der Waals surface area contributed by atoms with E-state index in [-0.39, 0.29) is 0 Å². The van der Waals surface area contributed by atoms with Gasteiger partial charge in [0.1, 0.15) is 0 Å². The Morgan fingerprint density at radius 1 is 0.812 bits per heavy atom. The molecule has 1 nitrogen and oxygen atoms in total. The van der Waals surface area contributed by atoms with Gasteiger partial charge in [-0.05, 0) is 50.7 Å². The second-order valence-corrected chi connectivity index (χ2v) is 5.78. The quantitative estimate of drug-likeness (QED) is 0.682. The predicted octanol–water partition coefficient (Wildman–Crippen LogP) is 4.93. The first-order chi connectivity index (χ1) is 7.29. The summed E-state index contributed by atoms with van der Waals surface area (Å²) in [4.78, 5) is 0. The van der Waals surface area contributed by atoms with Crippen LogP contribution in [0.25, 0.3) is 0 Å². The summed E-state index contributed by atoms with van der Waals surface area (Å²) in [6.07, 6.45) is 0. The third kappa shape index (κ3) is 2.05. The molecule has 92 valence electrons. The normalized spacial score (nSPS) is 12.2. The molecule has 0 aliphatic carbocycles. The number of aromatic nitrogens is 1. The summed E-state index contributed by atoms with van der Waals surface area (Å²) in [6.45, 7) is 18.3. The van der Waals surface area contributed by atoms with Crippen molar-refractivity contribution in [3.8, 4) is 0 Å². The summed E-state index contributed by atoms with van der Waals surface area (Å²) >= 11 is 0. The maximum absolute atomic E-state index is 2.52. The van der Waals surface area contributed by atoms with Gasteiger partial charge in [0.05, 0.1) is 0 Å². The van der Waals surface area contributed by atoms with Crippen LogP contribution in [0.5, 0.6) is 0 Å². The molecule has 1 heteroatoms. The number of nitrogens with zero attached hydrogens (tertiary/aromatic N) is 1. The van der Waals surface area contributed by atoms with Crippen molar-refractivity contribution in [2.24, 2.45) is 0 Å². The van der Waals surface area contributed by atoms with Crippen molar-refractivity contribution in [3.05, 3.63) is 22.5 Å². The van der Waals surface area contributed by atoms with E-state index in [4.69, 9.17) is 0 Å². The topological polar surface area (TPSA) is 4.93 Å². The molecule has 0 saturated carbocycles. The molecule has 0 N–H and O–H groups in total. The van der Waals surface area contributed by atoms with Crippen molar-refractivity contribution in [2.75, 3.05) is 0 Å². The summed E-state index contributed by atoms with van der Waals surface area (Å²) in [5, 5.41) is 0. The summed E-state index contributed by atoms with van der Waals surface area (Å²) in [5.74, 6) is 1.23. The van der Waals surface area contributed by atoms with Crippen LogP contribution in [0, 0.1) is 13.8 Å². The SMILES string of the molecule is Cc1c(C(C)C)c(C(C)C)n(C(C)C)c1C. The van der Waals surface area contributed by atoms with Crippen molar-refractivity contribution >= 4 is 0 Å². The number of hydrogen-bond donors (Lipinski definition) is 0. The highest BCUT2D eigenvalue weighted by molar-refractivity contribution is 5.41. The van der Waals surface area contributed by atoms with Gasteiger partial charge in [-0.25, -0.2) is 0 Å². The Hall–Kier alpha value is -0.720. The van der Waals surface area contributed by atoms with Gasteiger partial charge in [-0.1, -0.05) is 27.7 Å². The molecule has 1 heterocycles. The smallest absolute Gasteiger partial charge is 0.0279 e. The van der Waals surface area contributed by atoms with Gasteiger partial charge in [-0.2, -0.15) is 0 Å². The summed E-state index contributed by atoms with van der Waals surface area (Å²) in [6, 6.07) is 0.559. The maximum atomic E-state index is 2.52. The monoisotopic (exact) mass is 221 g/mol. The van der Waals surface area contributed by atoms with E-state index in [0.717, 1.165) is 0 Å². The molecule has 0 aliphatic heterocycles. The zero-order valence-corrected chi connectivity index (χ0v) is 12.2. The molecule has 0 atom stereocenters. The molecule has 1 rings (SSSR count). The minimum atomic E-state index is 0.559. The standard InChI is InChI=1S/C15H27N/c1-9(2)14-12(7)13(8)16(11(5)6)15(14)10(3)4/h9-11H,1-8H3. The zero-order valence-electron chi connectivity index (χ0n) is 12.2. The number of rotatable bonds is 3. The fraction of sp³-hybridized carbons (Fsp3) is 0.733. The predicted molar refractivity (Wildman–Crippen MR) is 72.5 cm³/mol. The van der Waals surface area contributed by atoms with Gasteiger partial charge in [-0.15, -0.1) is 0 Å². The molecule has 16 heavy (non-hydrogen) atoms. The first-order valence-corrected chi connectivity index (χ1v) is 6.50. The van der Waals surface area contributed by atoms with Crippen LogP contribution in [0.15, 0.2) is 0 Å². The Morgan fingerprint density at radius 2 is 1.31 bits per heavy atom. The second-order valence-electron chi connectivity index (χ2n) is 5.78. The van der Waals surface area contributed by atoms with Crippen LogP contribution in [-0.4, -0.2) is 4.57 Å². The van der Waals surface area contributed by atoms with Crippen LogP contribution in [0.1, 0.15) is 81.9 Å². The molecule has 0 unspecified atom stereocenters. The third-order valence-corrected chi connectivity index (χ3v) is 3.48.